The molecule has 1 aromatic heterocycles. The number of rotatable bonds is 8. The molecule has 8 nitrogen and oxygen atoms in total. The van der Waals surface area contributed by atoms with E-state index in [1.54, 1.807) is 55.9 Å². The highest BCUT2D eigenvalue weighted by Crippen LogP contribution is 2.08. The van der Waals surface area contributed by atoms with Crippen LogP contribution >= 0.6 is 11.3 Å². The minimum absolute atomic E-state index is 0.166. The first-order valence-corrected chi connectivity index (χ1v) is 9.42. The van der Waals surface area contributed by atoms with Crippen molar-refractivity contribution in [2.45, 2.75) is 6.54 Å². The lowest BCUT2D eigenvalue weighted by atomic mass is 10.1. The first-order chi connectivity index (χ1) is 13.4. The van der Waals surface area contributed by atoms with Crippen LogP contribution in [-0.4, -0.2) is 55.7 Å². The van der Waals surface area contributed by atoms with Crippen molar-refractivity contribution in [3.05, 3.63) is 57.8 Å². The van der Waals surface area contributed by atoms with Crippen LogP contribution in [-0.2, 0) is 16.1 Å². The number of hydrogen-bond donors (Lipinski definition) is 3. The zero-order valence-electron chi connectivity index (χ0n) is 15.7. The molecule has 0 saturated heterocycles. The van der Waals surface area contributed by atoms with Crippen LogP contribution < -0.4 is 16.0 Å². The monoisotopic (exact) mass is 402 g/mol. The number of thiophene rings is 1. The van der Waals surface area contributed by atoms with Crippen LogP contribution in [0.5, 0.6) is 0 Å². The van der Waals surface area contributed by atoms with E-state index in [0.29, 0.717) is 17.0 Å². The topological polar surface area (TPSA) is 108 Å². The second-order valence-corrected chi connectivity index (χ2v) is 6.91. The maximum absolute atomic E-state index is 12.2. The van der Waals surface area contributed by atoms with Gasteiger partial charge in [0.25, 0.3) is 11.8 Å². The fourth-order valence-corrected chi connectivity index (χ4v) is 2.94. The highest BCUT2D eigenvalue weighted by atomic mass is 32.1. The normalized spacial score (nSPS) is 10.1. The van der Waals surface area contributed by atoms with Gasteiger partial charge in [-0.3, -0.25) is 19.2 Å². The minimum Gasteiger partial charge on any atom is -0.355 e. The summed E-state index contributed by atoms with van der Waals surface area (Å²) in [6.45, 7) is -0.0208. The summed E-state index contributed by atoms with van der Waals surface area (Å²) in [4.78, 5) is 49.2. The molecule has 0 unspecified atom stereocenters. The van der Waals surface area contributed by atoms with Crippen molar-refractivity contribution >= 4 is 35.0 Å². The van der Waals surface area contributed by atoms with E-state index in [1.807, 2.05) is 0 Å². The smallest absolute Gasteiger partial charge is 0.261 e. The van der Waals surface area contributed by atoms with E-state index in [1.165, 1.54) is 16.2 Å². The molecule has 0 radical (unpaired) electrons. The molecule has 9 heteroatoms. The fourth-order valence-electron chi connectivity index (χ4n) is 2.29. The summed E-state index contributed by atoms with van der Waals surface area (Å²) < 4.78 is 0. The number of likely N-dealkylation sites (N-methyl/N-ethyl adjacent to an activating group) is 1. The van der Waals surface area contributed by atoms with Gasteiger partial charge in [-0.05, 0) is 29.1 Å². The quantitative estimate of drug-likeness (QED) is 0.601. The van der Waals surface area contributed by atoms with Crippen molar-refractivity contribution in [3.8, 4) is 0 Å². The summed E-state index contributed by atoms with van der Waals surface area (Å²) in [6.07, 6.45) is 0. The Hall–Kier alpha value is -3.20. The average Bonchev–Trinajstić information content (AvgIpc) is 3.25. The van der Waals surface area contributed by atoms with Gasteiger partial charge >= 0.3 is 0 Å². The molecule has 0 aliphatic heterocycles. The van der Waals surface area contributed by atoms with Crippen molar-refractivity contribution in [3.63, 3.8) is 0 Å². The molecule has 0 aliphatic rings. The molecule has 28 heavy (non-hydrogen) atoms. The van der Waals surface area contributed by atoms with Crippen LogP contribution in [0.2, 0.25) is 0 Å². The summed E-state index contributed by atoms with van der Waals surface area (Å²) in [5.41, 5.74) is 1.40. The fraction of sp³-hybridized carbons (Fsp3) is 0.263. The summed E-state index contributed by atoms with van der Waals surface area (Å²) in [5, 5.41) is 9.30. The SMILES string of the molecule is CNC(=O)c1ccc(CN(C)C(=O)CNC(=O)CNC(=O)c2cccs2)cc1. The van der Waals surface area contributed by atoms with E-state index in [9.17, 15) is 19.2 Å². The van der Waals surface area contributed by atoms with Gasteiger partial charge in [0.1, 0.15) is 0 Å². The molecular formula is C19H22N4O4S. The zero-order chi connectivity index (χ0) is 20.5. The number of amides is 4. The van der Waals surface area contributed by atoms with Crippen molar-refractivity contribution in [2.24, 2.45) is 0 Å². The Kier molecular flexibility index (Phi) is 7.70. The van der Waals surface area contributed by atoms with Crippen LogP contribution in [0, 0.1) is 0 Å². The Labute approximate surface area is 166 Å². The Morgan fingerprint density at radius 1 is 0.964 bits per heavy atom. The molecule has 2 aromatic rings. The molecule has 0 spiro atoms. The van der Waals surface area contributed by atoms with Crippen molar-refractivity contribution in [1.29, 1.82) is 0 Å². The molecule has 0 bridgehead atoms. The summed E-state index contributed by atoms with van der Waals surface area (Å²) in [7, 11) is 3.18. The van der Waals surface area contributed by atoms with Crippen molar-refractivity contribution in [2.75, 3.05) is 27.2 Å². The van der Waals surface area contributed by atoms with Gasteiger partial charge in [0.2, 0.25) is 11.8 Å². The van der Waals surface area contributed by atoms with Crippen LogP contribution in [0.4, 0.5) is 0 Å². The molecule has 4 amide bonds. The number of carbonyl (C=O) groups excluding carboxylic acids is 4. The maximum Gasteiger partial charge on any atom is 0.261 e. The summed E-state index contributed by atoms with van der Waals surface area (Å²) in [6, 6.07) is 10.3. The van der Waals surface area contributed by atoms with Crippen molar-refractivity contribution in [1.82, 2.24) is 20.9 Å². The Morgan fingerprint density at radius 2 is 1.68 bits per heavy atom. The van der Waals surface area contributed by atoms with Gasteiger partial charge < -0.3 is 20.9 Å². The van der Waals surface area contributed by atoms with Crippen LogP contribution in [0.25, 0.3) is 0 Å². The molecule has 0 fully saturated rings. The lowest BCUT2D eigenvalue weighted by Gasteiger charge is -2.18. The van der Waals surface area contributed by atoms with Gasteiger partial charge in [0.15, 0.2) is 0 Å². The van der Waals surface area contributed by atoms with Crippen LogP contribution in [0.3, 0.4) is 0 Å². The third-order valence-corrected chi connectivity index (χ3v) is 4.75. The largest absolute Gasteiger partial charge is 0.355 e. The first kappa shape index (κ1) is 21.1. The maximum atomic E-state index is 12.2. The second kappa shape index (κ2) is 10.2. The highest BCUT2D eigenvalue weighted by Gasteiger charge is 2.13. The van der Waals surface area contributed by atoms with Crippen LogP contribution in [0.15, 0.2) is 41.8 Å². The molecule has 0 saturated carbocycles. The summed E-state index contributed by atoms with van der Waals surface area (Å²) in [5.74, 6) is -1.21. The molecule has 2 rings (SSSR count). The molecule has 1 aromatic carbocycles. The van der Waals surface area contributed by atoms with E-state index in [0.717, 1.165) is 5.56 Å². The molecule has 1 heterocycles. The third kappa shape index (κ3) is 6.20. The first-order valence-electron chi connectivity index (χ1n) is 8.54. The lowest BCUT2D eigenvalue weighted by molar-refractivity contribution is -0.132. The van der Waals surface area contributed by atoms with Gasteiger partial charge in [-0.1, -0.05) is 18.2 Å². The van der Waals surface area contributed by atoms with E-state index in [2.05, 4.69) is 16.0 Å². The van der Waals surface area contributed by atoms with Gasteiger partial charge in [0, 0.05) is 26.2 Å². The van der Waals surface area contributed by atoms with Crippen molar-refractivity contribution < 1.29 is 19.2 Å². The predicted molar refractivity (Wildman–Crippen MR) is 106 cm³/mol. The van der Waals surface area contributed by atoms with E-state index in [-0.39, 0.29) is 30.8 Å². The molecule has 0 atom stereocenters. The highest BCUT2D eigenvalue weighted by molar-refractivity contribution is 7.12. The number of hydrogen-bond acceptors (Lipinski definition) is 5. The van der Waals surface area contributed by atoms with Gasteiger partial charge in [-0.15, -0.1) is 11.3 Å². The Morgan fingerprint density at radius 3 is 2.29 bits per heavy atom. The third-order valence-electron chi connectivity index (χ3n) is 3.88. The van der Waals surface area contributed by atoms with Crippen LogP contribution in [0.1, 0.15) is 25.6 Å². The number of benzene rings is 1. The lowest BCUT2D eigenvalue weighted by Crippen LogP contribution is -2.42. The van der Waals surface area contributed by atoms with E-state index in [4.69, 9.17) is 0 Å². The zero-order valence-corrected chi connectivity index (χ0v) is 16.5. The van der Waals surface area contributed by atoms with Gasteiger partial charge in [-0.2, -0.15) is 0 Å². The average molecular weight is 402 g/mol. The minimum atomic E-state index is -0.443. The number of carbonyl (C=O) groups is 4. The van der Waals surface area contributed by atoms with Gasteiger partial charge in [0.05, 0.1) is 18.0 Å². The number of nitrogens with zero attached hydrogens (tertiary/aromatic N) is 1. The molecule has 0 aliphatic carbocycles. The molecular weight excluding hydrogens is 380 g/mol. The Balaban J connectivity index is 1.73. The molecule has 148 valence electrons. The van der Waals surface area contributed by atoms with Gasteiger partial charge in [-0.25, -0.2) is 0 Å². The van der Waals surface area contributed by atoms with E-state index < -0.39 is 5.91 Å². The van der Waals surface area contributed by atoms with E-state index >= 15 is 0 Å². The summed E-state index contributed by atoms with van der Waals surface area (Å²) >= 11 is 1.28. The number of nitrogens with one attached hydrogen (secondary N) is 3. The Bertz CT molecular complexity index is 834. The second-order valence-electron chi connectivity index (χ2n) is 5.96. The standard InChI is InChI=1S/C19H22N4O4S/c1-20-18(26)14-7-5-13(6-8-14)12-23(2)17(25)11-21-16(24)10-22-19(27)15-4-3-9-28-15/h3-9H,10-12H2,1-2H3,(H,20,26)(H,21,24)(H,22,27). The molecule has 3 N–H and O–H groups in total. The predicted octanol–water partition coefficient (Wildman–Crippen LogP) is 0.612.